The molecule has 0 spiro atoms. The van der Waals surface area contributed by atoms with E-state index in [4.69, 9.17) is 5.11 Å². The third-order valence-corrected chi connectivity index (χ3v) is 3.06. The Kier molecular flexibility index (Phi) is 4.11. The molecule has 2 aromatic rings. The smallest absolute Gasteiger partial charge is 0.391 e. The number of hydrogen-bond acceptors (Lipinski definition) is 2. The van der Waals surface area contributed by atoms with Crippen LogP contribution in [-0.4, -0.2) is 34.2 Å². The van der Waals surface area contributed by atoms with E-state index in [0.29, 0.717) is 10.9 Å². The number of alkyl halides is 3. The summed E-state index contributed by atoms with van der Waals surface area (Å²) in [6, 6.07) is 4.78. The van der Waals surface area contributed by atoms with Crippen molar-refractivity contribution >= 4 is 22.8 Å². The second-order valence-electron chi connectivity index (χ2n) is 4.96. The van der Waals surface area contributed by atoms with Crippen molar-refractivity contribution in [2.24, 2.45) is 0 Å². The van der Waals surface area contributed by atoms with Crippen LogP contribution in [0.2, 0.25) is 0 Å². The van der Waals surface area contributed by atoms with Crippen LogP contribution in [-0.2, 0) is 4.79 Å². The summed E-state index contributed by atoms with van der Waals surface area (Å²) in [5.41, 5.74) is 1.60. The fraction of sp³-hybridized carbons (Fsp3) is 0.286. The maximum atomic E-state index is 12.3. The Bertz CT molecular complexity index is 722. The van der Waals surface area contributed by atoms with Crippen molar-refractivity contribution in [1.29, 1.82) is 0 Å². The molecule has 3 N–H and O–H groups in total. The molecule has 0 aliphatic carbocycles. The van der Waals surface area contributed by atoms with Crippen LogP contribution in [0.4, 0.5) is 13.2 Å². The number of carboxylic acids is 1. The molecule has 0 saturated heterocycles. The van der Waals surface area contributed by atoms with Crippen LogP contribution < -0.4 is 5.32 Å². The number of amides is 1. The Morgan fingerprint density at radius 3 is 2.59 bits per heavy atom. The minimum Gasteiger partial charge on any atom is -0.480 e. The maximum absolute atomic E-state index is 12.3. The monoisotopic (exact) mass is 314 g/mol. The third-order valence-electron chi connectivity index (χ3n) is 3.06. The van der Waals surface area contributed by atoms with Gasteiger partial charge in [0, 0.05) is 10.9 Å². The van der Waals surface area contributed by atoms with Gasteiger partial charge in [0.1, 0.15) is 11.7 Å². The number of carboxylic acid groups (broad SMARTS) is 1. The molecule has 0 saturated carbocycles. The Morgan fingerprint density at radius 1 is 1.32 bits per heavy atom. The predicted molar refractivity (Wildman–Crippen MR) is 72.6 cm³/mol. The number of halogens is 3. The topological polar surface area (TPSA) is 82.2 Å². The molecule has 1 aromatic carbocycles. The zero-order chi connectivity index (χ0) is 16.5. The summed E-state index contributed by atoms with van der Waals surface area (Å²) in [5, 5.41) is 11.4. The summed E-state index contributed by atoms with van der Waals surface area (Å²) in [6.07, 6.45) is -6.32. The standard InChI is InChI=1S/C14H13F3N2O3/c1-7-2-3-8-5-10(18-9(8)4-7)12(20)19-11(13(21)22)6-14(15,16)17/h2-5,11,18H,6H2,1H3,(H,19,20)(H,21,22). The second kappa shape index (κ2) is 5.70. The van der Waals surface area contributed by atoms with Crippen molar-refractivity contribution < 1.29 is 27.9 Å². The molecule has 8 heteroatoms. The van der Waals surface area contributed by atoms with Crippen molar-refractivity contribution in [3.63, 3.8) is 0 Å². The highest BCUT2D eigenvalue weighted by Gasteiger charge is 2.36. The number of fused-ring (bicyclic) bond motifs is 1. The lowest BCUT2D eigenvalue weighted by Crippen LogP contribution is -2.43. The molecule has 1 amide bonds. The number of aromatic amines is 1. The van der Waals surface area contributed by atoms with Crippen molar-refractivity contribution in [3.05, 3.63) is 35.5 Å². The van der Waals surface area contributed by atoms with Crippen LogP contribution >= 0.6 is 0 Å². The zero-order valence-corrected chi connectivity index (χ0v) is 11.5. The molecule has 0 fully saturated rings. The minimum absolute atomic E-state index is 0.00836. The van der Waals surface area contributed by atoms with E-state index in [2.05, 4.69) is 4.98 Å². The normalized spacial score (nSPS) is 13.1. The number of aryl methyl sites for hydroxylation is 1. The molecule has 1 heterocycles. The van der Waals surface area contributed by atoms with Crippen LogP contribution in [0.15, 0.2) is 24.3 Å². The highest BCUT2D eigenvalue weighted by atomic mass is 19.4. The molecular formula is C14H13F3N2O3. The van der Waals surface area contributed by atoms with Crippen molar-refractivity contribution in [2.45, 2.75) is 25.6 Å². The Morgan fingerprint density at radius 2 is 2.00 bits per heavy atom. The van der Waals surface area contributed by atoms with E-state index >= 15 is 0 Å². The van der Waals surface area contributed by atoms with Gasteiger partial charge in [0.15, 0.2) is 0 Å². The average Bonchev–Trinajstić information content (AvgIpc) is 2.79. The largest absolute Gasteiger partial charge is 0.480 e. The van der Waals surface area contributed by atoms with Gasteiger partial charge in [-0.05, 0) is 24.6 Å². The SMILES string of the molecule is Cc1ccc2cc(C(=O)NC(CC(F)(F)F)C(=O)O)[nH]c2c1. The van der Waals surface area contributed by atoms with Gasteiger partial charge in [0.2, 0.25) is 0 Å². The molecule has 1 unspecified atom stereocenters. The first kappa shape index (κ1) is 15.9. The lowest BCUT2D eigenvalue weighted by molar-refractivity contribution is -0.157. The molecule has 0 aliphatic rings. The highest BCUT2D eigenvalue weighted by Crippen LogP contribution is 2.22. The van der Waals surface area contributed by atoms with Crippen LogP contribution in [0.5, 0.6) is 0 Å². The number of H-pyrrole nitrogens is 1. The molecule has 0 radical (unpaired) electrons. The summed E-state index contributed by atoms with van der Waals surface area (Å²) in [6.45, 7) is 1.85. The van der Waals surface area contributed by atoms with Crippen molar-refractivity contribution in [1.82, 2.24) is 10.3 Å². The van der Waals surface area contributed by atoms with Gasteiger partial charge in [-0.15, -0.1) is 0 Å². The number of aliphatic carboxylic acids is 1. The molecular weight excluding hydrogens is 301 g/mol. The molecule has 0 aliphatic heterocycles. The van der Waals surface area contributed by atoms with Crippen molar-refractivity contribution in [2.75, 3.05) is 0 Å². The van der Waals surface area contributed by atoms with Crippen LogP contribution in [0.25, 0.3) is 10.9 Å². The average molecular weight is 314 g/mol. The Hall–Kier alpha value is -2.51. The number of rotatable bonds is 4. The Balaban J connectivity index is 2.19. The number of nitrogens with one attached hydrogen (secondary N) is 2. The predicted octanol–water partition coefficient (Wildman–Crippen LogP) is 2.61. The van der Waals surface area contributed by atoms with Gasteiger partial charge < -0.3 is 15.4 Å². The molecule has 1 atom stereocenters. The van der Waals surface area contributed by atoms with E-state index in [1.165, 1.54) is 6.07 Å². The van der Waals surface area contributed by atoms with Crippen LogP contribution in [0.1, 0.15) is 22.5 Å². The van der Waals surface area contributed by atoms with Gasteiger partial charge in [0.25, 0.3) is 5.91 Å². The van der Waals surface area contributed by atoms with E-state index in [0.717, 1.165) is 5.56 Å². The minimum atomic E-state index is -4.69. The fourth-order valence-corrected chi connectivity index (χ4v) is 2.03. The molecule has 2 rings (SSSR count). The summed E-state index contributed by atoms with van der Waals surface area (Å²) in [4.78, 5) is 25.5. The lowest BCUT2D eigenvalue weighted by Gasteiger charge is -2.15. The van der Waals surface area contributed by atoms with Gasteiger partial charge >= 0.3 is 12.1 Å². The molecule has 5 nitrogen and oxygen atoms in total. The van der Waals surface area contributed by atoms with E-state index in [9.17, 15) is 22.8 Å². The Labute approximate surface area is 123 Å². The number of carbonyl (C=O) groups is 2. The molecule has 0 bridgehead atoms. The number of carbonyl (C=O) groups excluding carboxylic acids is 1. The quantitative estimate of drug-likeness (QED) is 0.811. The van der Waals surface area contributed by atoms with E-state index < -0.39 is 30.5 Å². The first-order chi connectivity index (χ1) is 10.2. The maximum Gasteiger partial charge on any atom is 0.391 e. The fourth-order valence-electron chi connectivity index (χ4n) is 2.03. The van der Waals surface area contributed by atoms with Gasteiger partial charge in [-0.1, -0.05) is 12.1 Å². The summed E-state index contributed by atoms with van der Waals surface area (Å²) < 4.78 is 36.9. The number of aromatic nitrogens is 1. The van der Waals surface area contributed by atoms with E-state index in [1.807, 2.05) is 18.3 Å². The van der Waals surface area contributed by atoms with Gasteiger partial charge in [-0.2, -0.15) is 13.2 Å². The second-order valence-corrected chi connectivity index (χ2v) is 4.96. The number of benzene rings is 1. The van der Waals surface area contributed by atoms with E-state index in [1.54, 1.807) is 12.1 Å². The van der Waals surface area contributed by atoms with Gasteiger partial charge in [-0.3, -0.25) is 4.79 Å². The van der Waals surface area contributed by atoms with E-state index in [-0.39, 0.29) is 5.69 Å². The number of hydrogen-bond donors (Lipinski definition) is 3. The summed E-state index contributed by atoms with van der Waals surface area (Å²) in [7, 11) is 0. The van der Waals surface area contributed by atoms with Gasteiger partial charge in [0.05, 0.1) is 6.42 Å². The first-order valence-corrected chi connectivity index (χ1v) is 6.35. The zero-order valence-electron chi connectivity index (χ0n) is 11.5. The molecule has 118 valence electrons. The first-order valence-electron chi connectivity index (χ1n) is 6.35. The van der Waals surface area contributed by atoms with Crippen LogP contribution in [0, 0.1) is 6.92 Å². The summed E-state index contributed by atoms with van der Waals surface area (Å²) >= 11 is 0. The molecule has 22 heavy (non-hydrogen) atoms. The van der Waals surface area contributed by atoms with Crippen molar-refractivity contribution in [3.8, 4) is 0 Å². The van der Waals surface area contributed by atoms with Gasteiger partial charge in [-0.25, -0.2) is 4.79 Å². The van der Waals surface area contributed by atoms with Crippen LogP contribution in [0.3, 0.4) is 0 Å². The highest BCUT2D eigenvalue weighted by molar-refractivity contribution is 5.99. The third kappa shape index (κ3) is 3.78. The summed E-state index contributed by atoms with van der Waals surface area (Å²) in [5.74, 6) is -2.64. The molecule has 1 aromatic heterocycles. The lowest BCUT2D eigenvalue weighted by atomic mass is 10.2.